The van der Waals surface area contributed by atoms with Crippen LogP contribution in [0.15, 0.2) is 36.4 Å². The van der Waals surface area contributed by atoms with E-state index < -0.39 is 11.8 Å². The van der Waals surface area contributed by atoms with E-state index in [0.29, 0.717) is 22.7 Å². The molecule has 2 aliphatic rings. The molecule has 0 bridgehead atoms. The summed E-state index contributed by atoms with van der Waals surface area (Å²) < 4.78 is 5.42. The molecule has 0 aromatic heterocycles. The minimum Gasteiger partial charge on any atom is -0.495 e. The van der Waals surface area contributed by atoms with Crippen LogP contribution in [-0.2, 0) is 9.59 Å². The second-order valence-electron chi connectivity index (χ2n) is 8.36. The topological polar surface area (TPSA) is 105 Å². The van der Waals surface area contributed by atoms with Gasteiger partial charge in [0.25, 0.3) is 0 Å². The molecule has 32 heavy (non-hydrogen) atoms. The zero-order chi connectivity index (χ0) is 22.8. The lowest BCUT2D eigenvalue weighted by atomic mass is 10.1. The first kappa shape index (κ1) is 21.7. The van der Waals surface area contributed by atoms with Crippen molar-refractivity contribution in [3.8, 4) is 5.75 Å². The van der Waals surface area contributed by atoms with Crippen LogP contribution in [0.25, 0.3) is 0 Å². The Bertz CT molecular complexity index is 1060. The van der Waals surface area contributed by atoms with Crippen molar-refractivity contribution in [3.63, 3.8) is 0 Å². The van der Waals surface area contributed by atoms with E-state index in [-0.39, 0.29) is 24.8 Å². The van der Waals surface area contributed by atoms with Crippen LogP contribution in [0.5, 0.6) is 5.75 Å². The van der Waals surface area contributed by atoms with Crippen LogP contribution in [0.1, 0.15) is 35.2 Å². The van der Waals surface area contributed by atoms with Crippen LogP contribution in [0.2, 0.25) is 0 Å². The van der Waals surface area contributed by atoms with E-state index in [0.717, 1.165) is 37.2 Å². The summed E-state index contributed by atoms with van der Waals surface area (Å²) in [7, 11) is 1.56. The number of nitrogens with zero attached hydrogens (tertiary/aromatic N) is 2. The van der Waals surface area contributed by atoms with Crippen molar-refractivity contribution in [1.29, 1.82) is 0 Å². The monoisotopic (exact) mass is 436 g/mol. The van der Waals surface area contributed by atoms with Gasteiger partial charge in [-0.15, -0.1) is 0 Å². The van der Waals surface area contributed by atoms with Crippen LogP contribution >= 0.6 is 0 Å². The molecule has 8 nitrogen and oxygen atoms in total. The van der Waals surface area contributed by atoms with Crippen LogP contribution < -0.4 is 25.6 Å². The number of amides is 3. The number of methoxy groups -OCH3 is 1. The van der Waals surface area contributed by atoms with Gasteiger partial charge in [-0.1, -0.05) is 6.07 Å². The summed E-state index contributed by atoms with van der Waals surface area (Å²) in [5.74, 6) is -0.858. The van der Waals surface area contributed by atoms with Crippen molar-refractivity contribution in [2.24, 2.45) is 11.7 Å². The smallest absolute Gasteiger partial charge is 0.248 e. The maximum Gasteiger partial charge on any atom is 0.248 e. The van der Waals surface area contributed by atoms with Crippen molar-refractivity contribution in [3.05, 3.63) is 47.5 Å². The Morgan fingerprint density at radius 1 is 1.09 bits per heavy atom. The number of nitrogens with one attached hydrogen (secondary N) is 1. The number of hydrogen-bond acceptors (Lipinski definition) is 5. The third-order valence-electron chi connectivity index (χ3n) is 6.11. The van der Waals surface area contributed by atoms with Crippen molar-refractivity contribution < 1.29 is 19.1 Å². The third kappa shape index (κ3) is 4.26. The molecule has 1 atom stereocenters. The van der Waals surface area contributed by atoms with Gasteiger partial charge in [-0.3, -0.25) is 14.4 Å². The molecular formula is C24H28N4O4. The molecule has 2 saturated heterocycles. The first-order valence-electron chi connectivity index (χ1n) is 10.8. The molecule has 2 aliphatic heterocycles. The van der Waals surface area contributed by atoms with Gasteiger partial charge >= 0.3 is 0 Å². The van der Waals surface area contributed by atoms with Gasteiger partial charge in [0, 0.05) is 31.6 Å². The maximum atomic E-state index is 13.2. The largest absolute Gasteiger partial charge is 0.495 e. The van der Waals surface area contributed by atoms with Crippen molar-refractivity contribution >= 4 is 34.8 Å². The highest BCUT2D eigenvalue weighted by molar-refractivity contribution is 6.06. The maximum absolute atomic E-state index is 13.2. The summed E-state index contributed by atoms with van der Waals surface area (Å²) in [6.45, 7) is 3.99. The van der Waals surface area contributed by atoms with Crippen LogP contribution in [0.4, 0.5) is 17.1 Å². The number of anilines is 3. The number of primary amides is 1. The summed E-state index contributed by atoms with van der Waals surface area (Å²) in [5.41, 5.74) is 8.86. The number of carbonyl (C=O) groups excluding carboxylic acids is 3. The van der Waals surface area contributed by atoms with Gasteiger partial charge < -0.3 is 25.6 Å². The molecule has 8 heteroatoms. The standard InChI is InChI=1S/C24H28N4O4/c1-15-5-8-21(32-2)20(11-15)28-14-17(13-22(28)29)24(31)26-18-12-16(23(25)30)6-7-19(18)27-9-3-4-10-27/h5-8,11-12,17H,3-4,9-10,13-14H2,1-2H3,(H2,25,30)(H,26,31). The van der Waals surface area contributed by atoms with Gasteiger partial charge in [-0.2, -0.15) is 0 Å². The first-order chi connectivity index (χ1) is 15.4. The summed E-state index contributed by atoms with van der Waals surface area (Å²) >= 11 is 0. The molecule has 0 saturated carbocycles. The quantitative estimate of drug-likeness (QED) is 0.724. The summed E-state index contributed by atoms with van der Waals surface area (Å²) in [4.78, 5) is 41.4. The summed E-state index contributed by atoms with van der Waals surface area (Å²) in [6, 6.07) is 10.7. The number of ether oxygens (including phenoxy) is 1. The van der Waals surface area contributed by atoms with E-state index in [9.17, 15) is 14.4 Å². The molecule has 0 aliphatic carbocycles. The minimum absolute atomic E-state index is 0.109. The van der Waals surface area contributed by atoms with Gasteiger partial charge in [0.2, 0.25) is 17.7 Å². The molecule has 2 aromatic carbocycles. The Morgan fingerprint density at radius 2 is 1.84 bits per heavy atom. The highest BCUT2D eigenvalue weighted by Gasteiger charge is 2.36. The molecular weight excluding hydrogens is 408 g/mol. The lowest BCUT2D eigenvalue weighted by Gasteiger charge is -2.23. The molecule has 2 heterocycles. The van der Waals surface area contributed by atoms with Gasteiger partial charge in [0.1, 0.15) is 5.75 Å². The number of carbonyl (C=O) groups is 3. The Balaban J connectivity index is 1.56. The van der Waals surface area contributed by atoms with E-state index in [4.69, 9.17) is 10.5 Å². The number of hydrogen-bond donors (Lipinski definition) is 2. The fourth-order valence-electron chi connectivity index (χ4n) is 4.38. The van der Waals surface area contributed by atoms with Crippen molar-refractivity contribution in [2.75, 3.05) is 41.9 Å². The Morgan fingerprint density at radius 3 is 2.53 bits per heavy atom. The van der Waals surface area contributed by atoms with E-state index in [1.807, 2.05) is 31.2 Å². The molecule has 168 valence electrons. The van der Waals surface area contributed by atoms with Crippen molar-refractivity contribution in [2.45, 2.75) is 26.2 Å². The zero-order valence-corrected chi connectivity index (χ0v) is 18.4. The van der Waals surface area contributed by atoms with Gasteiger partial charge in [-0.25, -0.2) is 0 Å². The average molecular weight is 437 g/mol. The number of benzene rings is 2. The molecule has 2 fully saturated rings. The molecule has 1 unspecified atom stereocenters. The average Bonchev–Trinajstić information content (AvgIpc) is 3.43. The summed E-state index contributed by atoms with van der Waals surface area (Å²) in [6.07, 6.45) is 2.27. The highest BCUT2D eigenvalue weighted by atomic mass is 16.5. The van der Waals surface area contributed by atoms with E-state index in [1.165, 1.54) is 0 Å². The zero-order valence-electron chi connectivity index (χ0n) is 18.4. The van der Waals surface area contributed by atoms with Gasteiger partial charge in [-0.05, 0) is 55.7 Å². The Kier molecular flexibility index (Phi) is 6.03. The molecule has 0 spiro atoms. The first-order valence-corrected chi connectivity index (χ1v) is 10.8. The molecule has 0 radical (unpaired) electrons. The fourth-order valence-corrected chi connectivity index (χ4v) is 4.38. The number of rotatable bonds is 6. The molecule has 3 N–H and O–H groups in total. The lowest BCUT2D eigenvalue weighted by molar-refractivity contribution is -0.122. The van der Waals surface area contributed by atoms with Crippen LogP contribution in [0.3, 0.4) is 0 Å². The van der Waals surface area contributed by atoms with Crippen molar-refractivity contribution in [1.82, 2.24) is 0 Å². The van der Waals surface area contributed by atoms with E-state index >= 15 is 0 Å². The number of aryl methyl sites for hydroxylation is 1. The van der Waals surface area contributed by atoms with E-state index in [2.05, 4.69) is 10.2 Å². The minimum atomic E-state index is -0.553. The predicted octanol–water partition coefficient (Wildman–Crippen LogP) is 2.69. The molecule has 3 amide bonds. The Hall–Kier alpha value is -3.55. The van der Waals surface area contributed by atoms with E-state index in [1.54, 1.807) is 24.1 Å². The van der Waals surface area contributed by atoms with Crippen LogP contribution in [-0.4, -0.2) is 44.5 Å². The van der Waals surface area contributed by atoms with Crippen LogP contribution in [0, 0.1) is 12.8 Å². The lowest BCUT2D eigenvalue weighted by Crippen LogP contribution is -2.29. The normalized spacial score (nSPS) is 18.2. The molecule has 4 rings (SSSR count). The Labute approximate surface area is 187 Å². The highest BCUT2D eigenvalue weighted by Crippen LogP contribution is 2.35. The fraction of sp³-hybridized carbons (Fsp3) is 0.375. The third-order valence-corrected chi connectivity index (χ3v) is 6.11. The molecule has 2 aromatic rings. The predicted molar refractivity (Wildman–Crippen MR) is 123 cm³/mol. The van der Waals surface area contributed by atoms with Gasteiger partial charge in [0.15, 0.2) is 0 Å². The second-order valence-corrected chi connectivity index (χ2v) is 8.36. The number of nitrogens with two attached hydrogens (primary N) is 1. The SMILES string of the molecule is COc1ccc(C)cc1N1CC(C(=O)Nc2cc(C(N)=O)ccc2N2CCCC2)CC1=O. The van der Waals surface area contributed by atoms with Gasteiger partial charge in [0.05, 0.1) is 30.1 Å². The second kappa shape index (κ2) is 8.90. The summed E-state index contributed by atoms with van der Waals surface area (Å²) in [5, 5.41) is 2.96.